The van der Waals surface area contributed by atoms with Gasteiger partial charge in [0.05, 0.1) is 14.2 Å². The van der Waals surface area contributed by atoms with Gasteiger partial charge in [-0.05, 0) is 28.5 Å². The summed E-state index contributed by atoms with van der Waals surface area (Å²) in [6.07, 6.45) is 3.31. The van der Waals surface area contributed by atoms with Gasteiger partial charge in [0.25, 0.3) is 0 Å². The Hall–Kier alpha value is -2.03. The third-order valence-electron chi connectivity index (χ3n) is 3.74. The number of nitrogens with zero attached hydrogens (tertiary/aromatic N) is 1. The van der Waals surface area contributed by atoms with E-state index in [2.05, 4.69) is 36.0 Å². The Bertz CT molecular complexity index is 674. The van der Waals surface area contributed by atoms with Crippen LogP contribution in [-0.4, -0.2) is 38.6 Å². The van der Waals surface area contributed by atoms with Crippen molar-refractivity contribution >= 4 is 17.0 Å². The first-order valence-corrected chi connectivity index (χ1v) is 6.45. The van der Waals surface area contributed by atoms with Crippen LogP contribution >= 0.6 is 0 Å². The summed E-state index contributed by atoms with van der Waals surface area (Å²) in [5.74, 6) is 1.56. The first kappa shape index (κ1) is 12.0. The topological polar surface area (TPSA) is 21.5 Å². The summed E-state index contributed by atoms with van der Waals surface area (Å²) in [6.45, 7) is 1.08. The summed E-state index contributed by atoms with van der Waals surface area (Å²) in [6, 6.07) is 8.49. The molecule has 3 nitrogen and oxygen atoms in total. The van der Waals surface area contributed by atoms with E-state index in [1.54, 1.807) is 14.2 Å². The lowest BCUT2D eigenvalue weighted by Gasteiger charge is -2.15. The second-order valence-electron chi connectivity index (χ2n) is 4.93. The van der Waals surface area contributed by atoms with Gasteiger partial charge in [0.15, 0.2) is 17.7 Å². The first-order chi connectivity index (χ1) is 9.22. The van der Waals surface area contributed by atoms with Crippen LogP contribution in [0.4, 0.5) is 0 Å². The van der Waals surface area contributed by atoms with E-state index >= 15 is 0 Å². The van der Waals surface area contributed by atoms with E-state index in [0.717, 1.165) is 24.5 Å². The van der Waals surface area contributed by atoms with Crippen LogP contribution < -0.4 is 9.47 Å². The predicted octanol–water partition coefficient (Wildman–Crippen LogP) is 2.47. The van der Waals surface area contributed by atoms with Gasteiger partial charge in [-0.3, -0.25) is 0 Å². The van der Waals surface area contributed by atoms with Gasteiger partial charge < -0.3 is 9.47 Å². The number of benzene rings is 2. The molecular formula is C16H18NO2+. The Labute approximate surface area is 113 Å². The molecule has 3 rings (SSSR count). The fourth-order valence-corrected chi connectivity index (χ4v) is 2.67. The Morgan fingerprint density at radius 3 is 2.53 bits per heavy atom. The highest BCUT2D eigenvalue weighted by molar-refractivity contribution is 6.01. The average Bonchev–Trinajstić information content (AvgIpc) is 2.45. The van der Waals surface area contributed by atoms with Gasteiger partial charge in [0.1, 0.15) is 13.6 Å². The van der Waals surface area contributed by atoms with Gasteiger partial charge >= 0.3 is 0 Å². The van der Waals surface area contributed by atoms with Crippen molar-refractivity contribution in [3.8, 4) is 11.5 Å². The highest BCUT2D eigenvalue weighted by Crippen LogP contribution is 2.34. The van der Waals surface area contributed by atoms with E-state index in [4.69, 9.17) is 9.47 Å². The van der Waals surface area contributed by atoms with Crippen molar-refractivity contribution in [2.45, 2.75) is 6.42 Å². The van der Waals surface area contributed by atoms with Crippen LogP contribution in [0.1, 0.15) is 11.1 Å². The maximum absolute atomic E-state index is 5.41. The third kappa shape index (κ3) is 1.95. The number of hydrogen-bond acceptors (Lipinski definition) is 2. The van der Waals surface area contributed by atoms with Crippen LogP contribution in [0.2, 0.25) is 0 Å². The number of likely N-dealkylation sites (N-methyl/N-ethyl adjacent to an activating group) is 1. The number of rotatable bonds is 2. The van der Waals surface area contributed by atoms with Crippen LogP contribution in [-0.2, 0) is 6.42 Å². The lowest BCUT2D eigenvalue weighted by atomic mass is 9.95. The van der Waals surface area contributed by atoms with Gasteiger partial charge in [0, 0.05) is 12.0 Å². The van der Waals surface area contributed by atoms with Crippen molar-refractivity contribution in [1.82, 2.24) is 0 Å². The molecule has 0 saturated heterocycles. The standard InChI is InChI=1S/C16H18NO2/c1-17-7-6-11-4-5-12-8-15(18-2)16(19-3)9-13(12)14(11)10-17/h4-5,8-10H,6-7H2,1-3H3/q+1. The normalized spacial score (nSPS) is 13.9. The van der Waals surface area contributed by atoms with Crippen molar-refractivity contribution in [2.75, 3.05) is 27.8 Å². The molecule has 0 saturated carbocycles. The molecule has 0 fully saturated rings. The van der Waals surface area contributed by atoms with E-state index in [0.29, 0.717) is 0 Å². The van der Waals surface area contributed by atoms with E-state index in [1.165, 1.54) is 21.9 Å². The van der Waals surface area contributed by atoms with Gasteiger partial charge in [-0.25, -0.2) is 4.58 Å². The highest BCUT2D eigenvalue weighted by Gasteiger charge is 2.17. The molecule has 1 heterocycles. The lowest BCUT2D eigenvalue weighted by molar-refractivity contribution is -0.493. The molecule has 0 amide bonds. The Morgan fingerprint density at radius 1 is 1.05 bits per heavy atom. The van der Waals surface area contributed by atoms with Crippen LogP contribution in [0, 0.1) is 0 Å². The maximum atomic E-state index is 5.41. The number of methoxy groups -OCH3 is 2. The fraction of sp³-hybridized carbons (Fsp3) is 0.312. The molecule has 98 valence electrons. The van der Waals surface area contributed by atoms with Crippen molar-refractivity contribution in [3.05, 3.63) is 35.4 Å². The van der Waals surface area contributed by atoms with Crippen molar-refractivity contribution in [1.29, 1.82) is 0 Å². The molecule has 2 aromatic carbocycles. The monoisotopic (exact) mass is 256 g/mol. The fourth-order valence-electron chi connectivity index (χ4n) is 2.67. The van der Waals surface area contributed by atoms with Gasteiger partial charge in [-0.2, -0.15) is 0 Å². The minimum Gasteiger partial charge on any atom is -0.493 e. The van der Waals surface area contributed by atoms with Crippen LogP contribution in [0.25, 0.3) is 10.8 Å². The lowest BCUT2D eigenvalue weighted by Crippen LogP contribution is -2.18. The van der Waals surface area contributed by atoms with Crippen LogP contribution in [0.3, 0.4) is 0 Å². The molecule has 0 aliphatic carbocycles. The summed E-state index contributed by atoms with van der Waals surface area (Å²) in [4.78, 5) is 0. The smallest absolute Gasteiger partial charge is 0.171 e. The number of hydrogen-bond donors (Lipinski definition) is 0. The molecular weight excluding hydrogens is 238 g/mol. The molecule has 19 heavy (non-hydrogen) atoms. The van der Waals surface area contributed by atoms with E-state index < -0.39 is 0 Å². The molecule has 0 spiro atoms. The van der Waals surface area contributed by atoms with Crippen molar-refractivity contribution in [3.63, 3.8) is 0 Å². The zero-order chi connectivity index (χ0) is 13.4. The summed E-state index contributed by atoms with van der Waals surface area (Å²) < 4.78 is 13.0. The minimum absolute atomic E-state index is 0.777. The zero-order valence-electron chi connectivity index (χ0n) is 11.6. The molecule has 1 aliphatic rings. The SMILES string of the molecule is COc1cc2ccc3c(c2cc1OC)C=[N+](C)CC3. The predicted molar refractivity (Wildman–Crippen MR) is 77.0 cm³/mol. The van der Waals surface area contributed by atoms with Crippen LogP contribution in [0.15, 0.2) is 24.3 Å². The quantitative estimate of drug-likeness (QED) is 0.770. The van der Waals surface area contributed by atoms with Crippen LogP contribution in [0.5, 0.6) is 11.5 Å². The Balaban J connectivity index is 2.32. The summed E-state index contributed by atoms with van der Waals surface area (Å²) >= 11 is 0. The number of ether oxygens (including phenoxy) is 2. The number of fused-ring (bicyclic) bond motifs is 3. The molecule has 0 radical (unpaired) electrons. The maximum Gasteiger partial charge on any atom is 0.171 e. The van der Waals surface area contributed by atoms with E-state index in [1.807, 2.05) is 6.07 Å². The molecule has 2 aromatic rings. The molecule has 0 atom stereocenters. The molecule has 0 aromatic heterocycles. The largest absolute Gasteiger partial charge is 0.493 e. The zero-order valence-corrected chi connectivity index (χ0v) is 11.6. The van der Waals surface area contributed by atoms with Gasteiger partial charge in [-0.15, -0.1) is 0 Å². The molecule has 1 aliphatic heterocycles. The molecule has 3 heteroatoms. The van der Waals surface area contributed by atoms with Gasteiger partial charge in [0.2, 0.25) is 0 Å². The van der Waals surface area contributed by atoms with E-state index in [9.17, 15) is 0 Å². The Kier molecular flexibility index (Phi) is 2.90. The summed E-state index contributed by atoms with van der Waals surface area (Å²) in [5, 5.41) is 2.41. The summed E-state index contributed by atoms with van der Waals surface area (Å²) in [5.41, 5.74) is 2.70. The first-order valence-electron chi connectivity index (χ1n) is 6.45. The van der Waals surface area contributed by atoms with E-state index in [-0.39, 0.29) is 0 Å². The average molecular weight is 256 g/mol. The molecule has 0 unspecified atom stereocenters. The second-order valence-corrected chi connectivity index (χ2v) is 4.93. The Morgan fingerprint density at radius 2 is 1.79 bits per heavy atom. The minimum atomic E-state index is 0.777. The molecule has 0 bridgehead atoms. The summed E-state index contributed by atoms with van der Waals surface area (Å²) in [7, 11) is 5.46. The van der Waals surface area contributed by atoms with Crippen molar-refractivity contribution in [2.24, 2.45) is 0 Å². The van der Waals surface area contributed by atoms with Gasteiger partial charge in [-0.1, -0.05) is 12.1 Å². The highest BCUT2D eigenvalue weighted by atomic mass is 16.5. The molecule has 0 N–H and O–H groups in total. The third-order valence-corrected chi connectivity index (χ3v) is 3.74. The second kappa shape index (κ2) is 4.57. The van der Waals surface area contributed by atoms with Crippen molar-refractivity contribution < 1.29 is 14.0 Å².